The molecule has 0 unspecified atom stereocenters. The summed E-state index contributed by atoms with van der Waals surface area (Å²) < 4.78 is 0. The highest BCUT2D eigenvalue weighted by molar-refractivity contribution is 6.58. The van der Waals surface area contributed by atoms with Crippen molar-refractivity contribution in [2.75, 3.05) is 6.54 Å². The van der Waals surface area contributed by atoms with Crippen molar-refractivity contribution in [3.8, 4) is 0 Å². The SMILES string of the molecule is CC(C)CCN(Cc1ccc(B(O)O)cc1)C1CC1. The molecule has 1 aromatic carbocycles. The number of hydrogen-bond donors (Lipinski definition) is 2. The van der Waals surface area contributed by atoms with Crippen LogP contribution in [0.15, 0.2) is 24.3 Å². The maximum atomic E-state index is 9.09. The molecular formula is C15H24BNO2. The Kier molecular flexibility index (Phi) is 5.02. The summed E-state index contributed by atoms with van der Waals surface area (Å²) in [6, 6.07) is 8.36. The van der Waals surface area contributed by atoms with Gasteiger partial charge in [-0.15, -0.1) is 0 Å². The average Bonchev–Trinajstić information content (AvgIpc) is 3.19. The van der Waals surface area contributed by atoms with Crippen LogP contribution in [0, 0.1) is 5.92 Å². The quantitative estimate of drug-likeness (QED) is 0.729. The van der Waals surface area contributed by atoms with Gasteiger partial charge in [0, 0.05) is 12.6 Å². The molecule has 0 bridgehead atoms. The van der Waals surface area contributed by atoms with E-state index < -0.39 is 7.12 Å². The van der Waals surface area contributed by atoms with Crippen molar-refractivity contribution in [1.29, 1.82) is 0 Å². The maximum absolute atomic E-state index is 9.09. The molecule has 1 aliphatic rings. The summed E-state index contributed by atoms with van der Waals surface area (Å²) in [7, 11) is -1.37. The minimum absolute atomic E-state index is 0.559. The van der Waals surface area contributed by atoms with Crippen LogP contribution >= 0.6 is 0 Å². The van der Waals surface area contributed by atoms with Gasteiger partial charge in [-0.1, -0.05) is 38.1 Å². The molecule has 0 aromatic heterocycles. The molecule has 2 rings (SSSR count). The summed E-state index contributed by atoms with van der Waals surface area (Å²) in [5, 5.41) is 18.2. The van der Waals surface area contributed by atoms with E-state index in [-0.39, 0.29) is 0 Å². The molecule has 0 spiro atoms. The highest BCUT2D eigenvalue weighted by atomic mass is 16.4. The minimum atomic E-state index is -1.37. The Bertz CT molecular complexity index is 388. The first-order valence-electron chi connectivity index (χ1n) is 7.25. The second-order valence-corrected chi connectivity index (χ2v) is 6.00. The summed E-state index contributed by atoms with van der Waals surface area (Å²) in [5.74, 6) is 0.744. The van der Waals surface area contributed by atoms with E-state index in [2.05, 4.69) is 18.7 Å². The summed E-state index contributed by atoms with van der Waals surface area (Å²) in [6.45, 7) is 6.66. The lowest BCUT2D eigenvalue weighted by Crippen LogP contribution is -2.30. The van der Waals surface area contributed by atoms with Crippen LogP contribution in [-0.2, 0) is 6.54 Å². The van der Waals surface area contributed by atoms with Crippen molar-refractivity contribution >= 4 is 12.6 Å². The van der Waals surface area contributed by atoms with Gasteiger partial charge in [0.15, 0.2) is 0 Å². The van der Waals surface area contributed by atoms with Crippen molar-refractivity contribution in [3.05, 3.63) is 29.8 Å². The van der Waals surface area contributed by atoms with Gasteiger partial charge in [0.2, 0.25) is 0 Å². The van der Waals surface area contributed by atoms with Gasteiger partial charge in [0.25, 0.3) is 0 Å². The number of nitrogens with zero attached hydrogens (tertiary/aromatic N) is 1. The van der Waals surface area contributed by atoms with E-state index in [1.165, 1.54) is 24.8 Å². The Balaban J connectivity index is 1.92. The van der Waals surface area contributed by atoms with Crippen LogP contribution in [0.2, 0.25) is 0 Å². The predicted octanol–water partition coefficient (Wildman–Crippen LogP) is 1.38. The molecule has 1 fully saturated rings. The van der Waals surface area contributed by atoms with E-state index in [0.717, 1.165) is 25.0 Å². The second kappa shape index (κ2) is 6.55. The van der Waals surface area contributed by atoms with Crippen LogP contribution < -0.4 is 5.46 Å². The number of rotatable bonds is 7. The molecule has 0 saturated heterocycles. The topological polar surface area (TPSA) is 43.7 Å². The molecule has 0 radical (unpaired) electrons. The summed E-state index contributed by atoms with van der Waals surface area (Å²) in [4.78, 5) is 2.56. The van der Waals surface area contributed by atoms with E-state index >= 15 is 0 Å². The van der Waals surface area contributed by atoms with E-state index in [0.29, 0.717) is 5.46 Å². The Hall–Kier alpha value is -0.835. The van der Waals surface area contributed by atoms with Gasteiger partial charge in [-0.2, -0.15) is 0 Å². The summed E-state index contributed by atoms with van der Waals surface area (Å²) >= 11 is 0. The lowest BCUT2D eigenvalue weighted by Gasteiger charge is -2.23. The van der Waals surface area contributed by atoms with Gasteiger partial charge in [-0.3, -0.25) is 4.90 Å². The first kappa shape index (κ1) is 14.6. The van der Waals surface area contributed by atoms with Crippen LogP contribution in [0.4, 0.5) is 0 Å². The summed E-state index contributed by atoms with van der Waals surface area (Å²) in [5.41, 5.74) is 1.81. The van der Waals surface area contributed by atoms with Gasteiger partial charge in [0.05, 0.1) is 0 Å². The molecule has 0 amide bonds. The Morgan fingerprint density at radius 1 is 1.21 bits per heavy atom. The first-order chi connectivity index (χ1) is 9.06. The average molecular weight is 261 g/mol. The third-order valence-electron chi connectivity index (χ3n) is 3.72. The van der Waals surface area contributed by atoms with Crippen LogP contribution in [0.5, 0.6) is 0 Å². The minimum Gasteiger partial charge on any atom is -0.423 e. The van der Waals surface area contributed by atoms with Crippen LogP contribution in [0.3, 0.4) is 0 Å². The first-order valence-corrected chi connectivity index (χ1v) is 7.25. The standard InChI is InChI=1S/C15H24BNO2/c1-12(2)9-10-17(15-7-8-15)11-13-3-5-14(6-4-13)16(18)19/h3-6,12,15,18-19H,7-11H2,1-2H3. The Morgan fingerprint density at radius 2 is 1.84 bits per heavy atom. The maximum Gasteiger partial charge on any atom is 0.488 e. The van der Waals surface area contributed by atoms with Crippen molar-refractivity contribution < 1.29 is 10.0 Å². The summed E-state index contributed by atoms with van der Waals surface area (Å²) in [6.07, 6.45) is 3.89. The van der Waals surface area contributed by atoms with E-state index in [4.69, 9.17) is 10.0 Å². The third-order valence-corrected chi connectivity index (χ3v) is 3.72. The smallest absolute Gasteiger partial charge is 0.423 e. The molecule has 1 saturated carbocycles. The zero-order valence-electron chi connectivity index (χ0n) is 11.9. The fourth-order valence-electron chi connectivity index (χ4n) is 2.28. The molecular weight excluding hydrogens is 237 g/mol. The van der Waals surface area contributed by atoms with Gasteiger partial charge in [-0.05, 0) is 42.8 Å². The van der Waals surface area contributed by atoms with Gasteiger partial charge in [0.1, 0.15) is 0 Å². The molecule has 1 aromatic rings. The Labute approximate surface area is 116 Å². The van der Waals surface area contributed by atoms with Gasteiger partial charge in [-0.25, -0.2) is 0 Å². The molecule has 2 N–H and O–H groups in total. The predicted molar refractivity (Wildman–Crippen MR) is 79.2 cm³/mol. The second-order valence-electron chi connectivity index (χ2n) is 6.00. The zero-order chi connectivity index (χ0) is 13.8. The van der Waals surface area contributed by atoms with E-state index in [1.54, 1.807) is 12.1 Å². The van der Waals surface area contributed by atoms with Crippen LogP contribution in [0.1, 0.15) is 38.7 Å². The van der Waals surface area contributed by atoms with Crippen molar-refractivity contribution in [1.82, 2.24) is 4.90 Å². The van der Waals surface area contributed by atoms with Gasteiger partial charge >= 0.3 is 7.12 Å². The van der Waals surface area contributed by atoms with Crippen molar-refractivity contribution in [2.45, 2.75) is 45.7 Å². The van der Waals surface area contributed by atoms with Crippen molar-refractivity contribution in [3.63, 3.8) is 0 Å². The molecule has 0 atom stereocenters. The number of hydrogen-bond acceptors (Lipinski definition) is 3. The highest BCUT2D eigenvalue weighted by Crippen LogP contribution is 2.28. The molecule has 0 heterocycles. The molecule has 104 valence electrons. The Morgan fingerprint density at radius 3 is 2.32 bits per heavy atom. The van der Waals surface area contributed by atoms with Crippen molar-refractivity contribution in [2.24, 2.45) is 5.92 Å². The lowest BCUT2D eigenvalue weighted by atomic mass is 9.80. The van der Waals surface area contributed by atoms with Crippen LogP contribution in [0.25, 0.3) is 0 Å². The molecule has 4 heteroatoms. The monoisotopic (exact) mass is 261 g/mol. The third kappa shape index (κ3) is 4.64. The van der Waals surface area contributed by atoms with Crippen LogP contribution in [-0.4, -0.2) is 34.7 Å². The lowest BCUT2D eigenvalue weighted by molar-refractivity contribution is 0.239. The molecule has 3 nitrogen and oxygen atoms in total. The molecule has 19 heavy (non-hydrogen) atoms. The normalized spacial score (nSPS) is 15.3. The highest BCUT2D eigenvalue weighted by Gasteiger charge is 2.28. The van der Waals surface area contributed by atoms with Gasteiger partial charge < -0.3 is 10.0 Å². The largest absolute Gasteiger partial charge is 0.488 e. The zero-order valence-corrected chi connectivity index (χ0v) is 11.9. The number of benzene rings is 1. The molecule has 0 aliphatic heterocycles. The van der Waals surface area contributed by atoms with E-state index in [1.807, 2.05) is 12.1 Å². The fourth-order valence-corrected chi connectivity index (χ4v) is 2.28. The van der Waals surface area contributed by atoms with E-state index in [9.17, 15) is 0 Å². The fraction of sp³-hybridized carbons (Fsp3) is 0.600. The molecule has 1 aliphatic carbocycles.